The van der Waals surface area contributed by atoms with Crippen LogP contribution in [0.5, 0.6) is 0 Å². The second-order valence-corrected chi connectivity index (χ2v) is 6.38. The summed E-state index contributed by atoms with van der Waals surface area (Å²) in [6.45, 7) is 0.579. The summed E-state index contributed by atoms with van der Waals surface area (Å²) in [7, 11) is -0.156. The largest absolute Gasteiger partial charge is 0.316 e. The Morgan fingerprint density at radius 2 is 2.15 bits per heavy atom. The predicted octanol–water partition coefficient (Wildman–Crippen LogP) is 1.59. The van der Waals surface area contributed by atoms with Gasteiger partial charge in [0.1, 0.15) is 0 Å². The maximum atomic E-state index is 12.2. The van der Waals surface area contributed by atoms with Crippen LogP contribution in [-0.4, -0.2) is 25.2 Å². The smallest absolute Gasteiger partial charge is 0.262 e. The van der Waals surface area contributed by atoms with Crippen LogP contribution in [0.3, 0.4) is 0 Å². The van der Waals surface area contributed by atoms with E-state index in [-0.39, 0.29) is 4.90 Å². The molecule has 8 heteroatoms. The maximum Gasteiger partial charge on any atom is 0.262 e. The lowest BCUT2D eigenvalue weighted by Gasteiger charge is -2.08. The zero-order valence-electron chi connectivity index (χ0n) is 11.1. The number of anilines is 1. The van der Waals surface area contributed by atoms with Crippen LogP contribution in [0, 0.1) is 0 Å². The maximum absolute atomic E-state index is 12.2. The van der Waals surface area contributed by atoms with E-state index in [0.29, 0.717) is 17.3 Å². The molecule has 20 heavy (non-hydrogen) atoms. The van der Waals surface area contributed by atoms with Crippen LogP contribution in [0.25, 0.3) is 0 Å². The number of aryl methyl sites for hydroxylation is 1. The molecule has 6 nitrogen and oxygen atoms in total. The molecule has 0 aliphatic heterocycles. The van der Waals surface area contributed by atoms with Crippen LogP contribution >= 0.6 is 11.6 Å². The van der Waals surface area contributed by atoms with Gasteiger partial charge >= 0.3 is 0 Å². The summed E-state index contributed by atoms with van der Waals surface area (Å²) in [6, 6.07) is 4.65. The van der Waals surface area contributed by atoms with E-state index in [1.807, 2.05) is 0 Å². The molecule has 0 atom stereocenters. The van der Waals surface area contributed by atoms with Crippen LogP contribution in [0.1, 0.15) is 5.56 Å². The van der Waals surface area contributed by atoms with Crippen LogP contribution in [0.2, 0.25) is 5.02 Å². The van der Waals surface area contributed by atoms with Gasteiger partial charge in [-0.25, -0.2) is 8.42 Å². The van der Waals surface area contributed by atoms with Crippen molar-refractivity contribution in [3.8, 4) is 0 Å². The highest BCUT2D eigenvalue weighted by molar-refractivity contribution is 7.92. The lowest BCUT2D eigenvalue weighted by Crippen LogP contribution is -2.13. The van der Waals surface area contributed by atoms with Gasteiger partial charge < -0.3 is 5.32 Å². The number of nitrogens with zero attached hydrogens (tertiary/aromatic N) is 2. The van der Waals surface area contributed by atoms with Gasteiger partial charge in [0.25, 0.3) is 10.0 Å². The van der Waals surface area contributed by atoms with Crippen molar-refractivity contribution in [3.63, 3.8) is 0 Å². The second-order valence-electron chi connectivity index (χ2n) is 4.29. The van der Waals surface area contributed by atoms with Crippen molar-refractivity contribution in [1.29, 1.82) is 0 Å². The van der Waals surface area contributed by atoms with Crippen LogP contribution in [0.4, 0.5) is 5.69 Å². The van der Waals surface area contributed by atoms with Gasteiger partial charge in [-0.2, -0.15) is 5.10 Å². The standard InChI is InChI=1S/C12H15ClN4O2S/c1-14-6-9-3-4-11(5-12(9)13)20(18,19)16-10-7-15-17(2)8-10/h3-5,7-8,14,16H,6H2,1-2H3. The van der Waals surface area contributed by atoms with E-state index < -0.39 is 10.0 Å². The molecule has 0 bridgehead atoms. The molecule has 0 amide bonds. The number of halogens is 1. The molecule has 0 saturated heterocycles. The fraction of sp³-hybridized carbons (Fsp3) is 0.250. The minimum atomic E-state index is -3.66. The Morgan fingerprint density at radius 3 is 2.70 bits per heavy atom. The predicted molar refractivity (Wildman–Crippen MR) is 78.2 cm³/mol. The first kappa shape index (κ1) is 14.8. The number of sulfonamides is 1. The van der Waals surface area contributed by atoms with E-state index >= 15 is 0 Å². The minimum Gasteiger partial charge on any atom is -0.316 e. The van der Waals surface area contributed by atoms with Crippen molar-refractivity contribution in [2.45, 2.75) is 11.4 Å². The molecule has 0 spiro atoms. The summed E-state index contributed by atoms with van der Waals surface area (Å²) in [6.07, 6.45) is 3.02. The van der Waals surface area contributed by atoms with Gasteiger partial charge in [0.15, 0.2) is 0 Å². The molecule has 0 fully saturated rings. The molecule has 2 rings (SSSR count). The Morgan fingerprint density at radius 1 is 1.40 bits per heavy atom. The number of hydrogen-bond donors (Lipinski definition) is 2. The second kappa shape index (κ2) is 5.82. The molecule has 0 radical (unpaired) electrons. The highest BCUT2D eigenvalue weighted by atomic mass is 35.5. The lowest BCUT2D eigenvalue weighted by molar-refractivity contribution is 0.601. The molecule has 1 aromatic carbocycles. The van der Waals surface area contributed by atoms with Gasteiger partial charge in [0.05, 0.1) is 16.8 Å². The van der Waals surface area contributed by atoms with E-state index in [4.69, 9.17) is 11.6 Å². The third kappa shape index (κ3) is 3.30. The summed E-state index contributed by atoms with van der Waals surface area (Å²) < 4.78 is 28.4. The van der Waals surface area contributed by atoms with Crippen molar-refractivity contribution in [1.82, 2.24) is 15.1 Å². The van der Waals surface area contributed by atoms with Crippen molar-refractivity contribution in [2.24, 2.45) is 7.05 Å². The molecule has 1 aromatic heterocycles. The van der Waals surface area contributed by atoms with E-state index in [1.165, 1.54) is 23.0 Å². The first-order valence-corrected chi connectivity index (χ1v) is 7.73. The number of aromatic nitrogens is 2. The molecule has 0 unspecified atom stereocenters. The number of rotatable bonds is 5. The lowest BCUT2D eigenvalue weighted by atomic mass is 10.2. The van der Waals surface area contributed by atoms with Crippen LogP contribution in [0.15, 0.2) is 35.5 Å². The Kier molecular flexibility index (Phi) is 4.32. The van der Waals surface area contributed by atoms with Gasteiger partial charge in [-0.1, -0.05) is 17.7 Å². The topological polar surface area (TPSA) is 76.0 Å². The SMILES string of the molecule is CNCc1ccc(S(=O)(=O)Nc2cnn(C)c2)cc1Cl. The molecule has 2 aromatic rings. The van der Waals surface area contributed by atoms with E-state index in [1.54, 1.807) is 26.4 Å². The fourth-order valence-corrected chi connectivity index (χ4v) is 3.08. The highest BCUT2D eigenvalue weighted by Crippen LogP contribution is 2.22. The molecular weight excluding hydrogens is 300 g/mol. The fourth-order valence-electron chi connectivity index (χ4n) is 1.72. The van der Waals surface area contributed by atoms with Crippen molar-refractivity contribution in [3.05, 3.63) is 41.2 Å². The van der Waals surface area contributed by atoms with Gasteiger partial charge in [-0.05, 0) is 24.7 Å². The number of hydrogen-bond acceptors (Lipinski definition) is 4. The quantitative estimate of drug-likeness (QED) is 0.879. The van der Waals surface area contributed by atoms with Crippen LogP contribution < -0.4 is 10.0 Å². The Hall–Kier alpha value is -1.57. The van der Waals surface area contributed by atoms with Gasteiger partial charge in [0, 0.05) is 24.8 Å². The van der Waals surface area contributed by atoms with Gasteiger partial charge in [-0.3, -0.25) is 9.40 Å². The Balaban J connectivity index is 2.27. The molecule has 0 aliphatic rings. The van der Waals surface area contributed by atoms with E-state index in [2.05, 4.69) is 15.1 Å². The number of benzene rings is 1. The van der Waals surface area contributed by atoms with Gasteiger partial charge in [0.2, 0.25) is 0 Å². The third-order valence-corrected chi connectivity index (χ3v) is 4.39. The van der Waals surface area contributed by atoms with E-state index in [0.717, 1.165) is 5.56 Å². The first-order chi connectivity index (χ1) is 9.42. The summed E-state index contributed by atoms with van der Waals surface area (Å²) in [5.74, 6) is 0. The van der Waals surface area contributed by atoms with Crippen molar-refractivity contribution >= 4 is 27.3 Å². The molecule has 108 valence electrons. The Labute approximate surface area is 122 Å². The normalized spacial score (nSPS) is 11.6. The zero-order valence-corrected chi connectivity index (χ0v) is 12.7. The molecule has 2 N–H and O–H groups in total. The first-order valence-electron chi connectivity index (χ1n) is 5.87. The Bertz CT molecular complexity index is 712. The van der Waals surface area contributed by atoms with Crippen molar-refractivity contribution < 1.29 is 8.42 Å². The third-order valence-electron chi connectivity index (χ3n) is 2.66. The molecule has 0 saturated carbocycles. The van der Waals surface area contributed by atoms with Gasteiger partial charge in [-0.15, -0.1) is 0 Å². The average Bonchev–Trinajstić information content (AvgIpc) is 2.76. The minimum absolute atomic E-state index is 0.117. The zero-order chi connectivity index (χ0) is 14.8. The summed E-state index contributed by atoms with van der Waals surface area (Å²) in [5.41, 5.74) is 1.25. The summed E-state index contributed by atoms with van der Waals surface area (Å²) in [4.78, 5) is 0.117. The van der Waals surface area contributed by atoms with Crippen LogP contribution in [-0.2, 0) is 23.6 Å². The molecule has 1 heterocycles. The van der Waals surface area contributed by atoms with Crippen molar-refractivity contribution in [2.75, 3.05) is 11.8 Å². The summed E-state index contributed by atoms with van der Waals surface area (Å²) >= 11 is 6.07. The highest BCUT2D eigenvalue weighted by Gasteiger charge is 2.16. The monoisotopic (exact) mass is 314 g/mol. The molecular formula is C12H15ClN4O2S. The number of nitrogens with one attached hydrogen (secondary N) is 2. The average molecular weight is 315 g/mol. The summed E-state index contributed by atoms with van der Waals surface area (Å²) in [5, 5.41) is 7.28. The van der Waals surface area contributed by atoms with E-state index in [9.17, 15) is 8.42 Å². The molecule has 0 aliphatic carbocycles.